The maximum atomic E-state index is 4.93. The minimum absolute atomic E-state index is 0.0864. The molecule has 3 nitrogen and oxygen atoms in total. The summed E-state index contributed by atoms with van der Waals surface area (Å²) in [5.41, 5.74) is 18.1. The van der Waals surface area contributed by atoms with Crippen LogP contribution in [0, 0.1) is 0 Å². The van der Waals surface area contributed by atoms with Gasteiger partial charge in [0.25, 0.3) is 0 Å². The van der Waals surface area contributed by atoms with Crippen LogP contribution in [0.25, 0.3) is 33.4 Å². The zero-order chi connectivity index (χ0) is 25.9. The van der Waals surface area contributed by atoms with Crippen molar-refractivity contribution in [3.05, 3.63) is 150 Å². The van der Waals surface area contributed by atoms with E-state index in [-0.39, 0.29) is 12.1 Å². The van der Waals surface area contributed by atoms with E-state index >= 15 is 0 Å². The molecule has 0 aliphatic carbocycles. The van der Waals surface area contributed by atoms with E-state index in [0.29, 0.717) is 0 Å². The lowest BCUT2D eigenvalue weighted by Crippen LogP contribution is -2.38. The smallest absolute Gasteiger partial charge is 0.0858 e. The van der Waals surface area contributed by atoms with Gasteiger partial charge in [0, 0.05) is 28.1 Å². The molecular formula is C37H23N3. The first kappa shape index (κ1) is 20.8. The van der Waals surface area contributed by atoms with Crippen LogP contribution in [0.4, 0.5) is 22.7 Å². The predicted octanol–water partition coefficient (Wildman–Crippen LogP) is 9.19. The lowest BCUT2D eigenvalue weighted by molar-refractivity contribution is 0.759. The number of hydrogen-bond acceptors (Lipinski definition) is 3. The number of nitrogens with zero attached hydrogens (tertiary/aromatic N) is 3. The van der Waals surface area contributed by atoms with Crippen LogP contribution in [0.3, 0.4) is 0 Å². The van der Waals surface area contributed by atoms with Crippen LogP contribution < -0.4 is 9.80 Å². The summed E-state index contributed by atoms with van der Waals surface area (Å²) in [7, 11) is 0. The largest absolute Gasteiger partial charge is 0.327 e. The molecule has 1 aromatic heterocycles. The van der Waals surface area contributed by atoms with E-state index in [1.165, 1.54) is 78.4 Å². The zero-order valence-electron chi connectivity index (χ0n) is 21.6. The molecule has 0 fully saturated rings. The fourth-order valence-electron chi connectivity index (χ4n) is 7.89. The number of para-hydroxylation sites is 2. The van der Waals surface area contributed by atoms with Gasteiger partial charge in [-0.15, -0.1) is 0 Å². The van der Waals surface area contributed by atoms with Crippen molar-refractivity contribution in [2.45, 2.75) is 12.1 Å². The molecule has 4 aliphatic rings. The second-order valence-electron chi connectivity index (χ2n) is 11.1. The standard InChI is InChI=1S/C37H23N3/c1-3-14-26-22(10-1)24-12-5-7-18-30(24)39-32-20-38-21-33-35(32)34-28(36(26)39)16-9-17-29(34)37-27-15-4-2-11-23(27)25-13-6-8-19-31(25)40(33)37/h1-21,36-37H. The predicted molar refractivity (Wildman–Crippen MR) is 161 cm³/mol. The van der Waals surface area contributed by atoms with E-state index in [2.05, 4.69) is 137 Å². The SMILES string of the molecule is c1ccc2c(c1)-c1ccccc1N1c3cncc4c3-c3c(cccc3C3c5ccccc5-c5ccccc5N43)C21. The summed E-state index contributed by atoms with van der Waals surface area (Å²) in [6.45, 7) is 0. The van der Waals surface area contributed by atoms with E-state index in [9.17, 15) is 0 Å². The molecular weight excluding hydrogens is 486 g/mol. The molecule has 0 bridgehead atoms. The highest BCUT2D eigenvalue weighted by molar-refractivity contribution is 6.06. The highest BCUT2D eigenvalue weighted by atomic mass is 15.2. The van der Waals surface area contributed by atoms with Gasteiger partial charge in [0.15, 0.2) is 0 Å². The quantitative estimate of drug-likeness (QED) is 0.203. The Bertz CT molecular complexity index is 1770. The van der Waals surface area contributed by atoms with Crippen LogP contribution in [0.2, 0.25) is 0 Å². The summed E-state index contributed by atoms with van der Waals surface area (Å²) in [6.07, 6.45) is 4.17. The number of fused-ring (bicyclic) bond motifs is 16. The summed E-state index contributed by atoms with van der Waals surface area (Å²) in [4.78, 5) is 10.0. The topological polar surface area (TPSA) is 19.4 Å². The van der Waals surface area contributed by atoms with Gasteiger partial charge in [-0.3, -0.25) is 4.98 Å². The number of anilines is 4. The van der Waals surface area contributed by atoms with Crippen LogP contribution in [0.5, 0.6) is 0 Å². The van der Waals surface area contributed by atoms with Gasteiger partial charge in [-0.05, 0) is 51.1 Å². The first-order valence-electron chi connectivity index (χ1n) is 14.0. The van der Waals surface area contributed by atoms with Crippen LogP contribution in [0.1, 0.15) is 34.3 Å². The van der Waals surface area contributed by atoms with E-state index in [1.54, 1.807) is 0 Å². The zero-order valence-corrected chi connectivity index (χ0v) is 21.6. The van der Waals surface area contributed by atoms with Gasteiger partial charge in [0.1, 0.15) is 0 Å². The number of pyridine rings is 1. The molecule has 2 atom stereocenters. The minimum atomic E-state index is 0.0864. The molecule has 186 valence electrons. The van der Waals surface area contributed by atoms with Crippen molar-refractivity contribution < 1.29 is 0 Å². The third kappa shape index (κ3) is 2.36. The fourth-order valence-corrected chi connectivity index (χ4v) is 7.89. The first-order valence-corrected chi connectivity index (χ1v) is 14.0. The van der Waals surface area contributed by atoms with Crippen molar-refractivity contribution >= 4 is 22.7 Å². The number of hydrogen-bond donors (Lipinski definition) is 0. The van der Waals surface area contributed by atoms with E-state index in [4.69, 9.17) is 4.98 Å². The van der Waals surface area contributed by atoms with Crippen molar-refractivity contribution in [2.75, 3.05) is 9.80 Å². The monoisotopic (exact) mass is 509 g/mol. The molecule has 0 radical (unpaired) electrons. The van der Waals surface area contributed by atoms with Gasteiger partial charge in [-0.2, -0.15) is 0 Å². The van der Waals surface area contributed by atoms with Crippen LogP contribution in [-0.2, 0) is 0 Å². The number of rotatable bonds is 0. The number of benzene rings is 5. The lowest BCUT2D eigenvalue weighted by Gasteiger charge is -2.51. The highest BCUT2D eigenvalue weighted by Gasteiger charge is 2.46. The lowest BCUT2D eigenvalue weighted by atomic mass is 9.72. The summed E-state index contributed by atoms with van der Waals surface area (Å²) >= 11 is 0. The average Bonchev–Trinajstić information content (AvgIpc) is 3.03. The van der Waals surface area contributed by atoms with Crippen LogP contribution in [-0.4, -0.2) is 4.98 Å². The molecule has 3 heteroatoms. The molecule has 0 N–H and O–H groups in total. The average molecular weight is 510 g/mol. The molecule has 2 unspecified atom stereocenters. The Morgan fingerprint density at radius 3 is 1.32 bits per heavy atom. The second-order valence-corrected chi connectivity index (χ2v) is 11.1. The molecule has 40 heavy (non-hydrogen) atoms. The third-order valence-electron chi connectivity index (χ3n) is 9.33. The van der Waals surface area contributed by atoms with Crippen molar-refractivity contribution in [3.8, 4) is 33.4 Å². The molecule has 0 saturated heterocycles. The van der Waals surface area contributed by atoms with Crippen molar-refractivity contribution in [1.82, 2.24) is 4.98 Å². The molecule has 5 aromatic carbocycles. The second kappa shape index (κ2) is 7.28. The van der Waals surface area contributed by atoms with Crippen molar-refractivity contribution in [1.29, 1.82) is 0 Å². The van der Waals surface area contributed by atoms with Gasteiger partial charge in [0.2, 0.25) is 0 Å². The molecule has 0 saturated carbocycles. The summed E-state index contributed by atoms with van der Waals surface area (Å²) in [5.74, 6) is 0. The first-order chi connectivity index (χ1) is 19.9. The molecule has 4 aliphatic heterocycles. The number of aromatic nitrogens is 1. The van der Waals surface area contributed by atoms with Crippen LogP contribution >= 0.6 is 0 Å². The molecule has 6 aromatic rings. The Labute approximate surface area is 232 Å². The van der Waals surface area contributed by atoms with Crippen molar-refractivity contribution in [3.63, 3.8) is 0 Å². The van der Waals surface area contributed by atoms with E-state index in [1.807, 2.05) is 0 Å². The van der Waals surface area contributed by atoms with E-state index < -0.39 is 0 Å². The maximum absolute atomic E-state index is 4.93. The fraction of sp³-hybridized carbons (Fsp3) is 0.0541. The Morgan fingerprint density at radius 2 is 0.800 bits per heavy atom. The van der Waals surface area contributed by atoms with Gasteiger partial charge in [-0.25, -0.2) is 0 Å². The molecule has 0 spiro atoms. The Kier molecular flexibility index (Phi) is 3.78. The minimum Gasteiger partial charge on any atom is -0.327 e. The van der Waals surface area contributed by atoms with Crippen LogP contribution in [0.15, 0.2) is 128 Å². The Morgan fingerprint density at radius 1 is 0.375 bits per heavy atom. The maximum Gasteiger partial charge on any atom is 0.0858 e. The Balaban J connectivity index is 1.35. The summed E-state index contributed by atoms with van der Waals surface area (Å²) < 4.78 is 0. The Hall–Kier alpha value is -5.15. The highest BCUT2D eigenvalue weighted by Crippen LogP contribution is 2.64. The van der Waals surface area contributed by atoms with Gasteiger partial charge in [0.05, 0.1) is 35.9 Å². The van der Waals surface area contributed by atoms with Crippen molar-refractivity contribution in [2.24, 2.45) is 0 Å². The summed E-state index contributed by atoms with van der Waals surface area (Å²) in [6, 6.07) is 42.7. The van der Waals surface area contributed by atoms with Gasteiger partial charge < -0.3 is 9.80 Å². The summed E-state index contributed by atoms with van der Waals surface area (Å²) in [5, 5.41) is 0. The molecule has 10 rings (SSSR count). The normalized spacial score (nSPS) is 17.9. The third-order valence-corrected chi connectivity index (χ3v) is 9.33. The van der Waals surface area contributed by atoms with E-state index in [0.717, 1.165) is 0 Å². The van der Waals surface area contributed by atoms with Gasteiger partial charge in [-0.1, -0.05) is 103 Å². The molecule has 0 amide bonds. The molecule has 5 heterocycles. The van der Waals surface area contributed by atoms with Gasteiger partial charge >= 0.3 is 0 Å².